The van der Waals surface area contributed by atoms with E-state index in [1.54, 1.807) is 12.4 Å². The van der Waals surface area contributed by atoms with Crippen molar-refractivity contribution in [3.63, 3.8) is 0 Å². The minimum atomic E-state index is 0.747. The van der Waals surface area contributed by atoms with Gasteiger partial charge in [-0.05, 0) is 25.5 Å². The van der Waals surface area contributed by atoms with Crippen molar-refractivity contribution in [3.8, 4) is 0 Å². The van der Waals surface area contributed by atoms with E-state index in [1.807, 2.05) is 19.1 Å². The minimum absolute atomic E-state index is 0.747. The Kier molecular flexibility index (Phi) is 2.68. The number of ether oxygens (including phenoxy) is 1. The van der Waals surface area contributed by atoms with Gasteiger partial charge in [-0.3, -0.25) is 4.98 Å². The van der Waals surface area contributed by atoms with E-state index in [2.05, 4.69) is 10.3 Å². The molecule has 0 saturated heterocycles. The molecule has 0 aliphatic heterocycles. The van der Waals surface area contributed by atoms with E-state index in [1.165, 1.54) is 5.70 Å². The quantitative estimate of drug-likeness (QED) is 0.792. The summed E-state index contributed by atoms with van der Waals surface area (Å²) in [5.41, 5.74) is 2.28. The highest BCUT2D eigenvalue weighted by Crippen LogP contribution is 2.29. The molecule has 0 amide bonds. The minimum Gasteiger partial charge on any atom is -0.496 e. The summed E-state index contributed by atoms with van der Waals surface area (Å²) in [6.45, 7) is 2.76. The molecule has 0 atom stereocenters. The number of pyridine rings is 1. The van der Waals surface area contributed by atoms with Gasteiger partial charge in [-0.15, -0.1) is 0 Å². The van der Waals surface area contributed by atoms with E-state index in [-0.39, 0.29) is 0 Å². The van der Waals surface area contributed by atoms with E-state index < -0.39 is 0 Å². The molecule has 0 fully saturated rings. The molecule has 0 radical (unpaired) electrons. The number of hydrogen-bond acceptors (Lipinski definition) is 3. The molecule has 1 aliphatic rings. The highest BCUT2D eigenvalue weighted by Gasteiger charge is 2.18. The lowest BCUT2D eigenvalue weighted by Crippen LogP contribution is -2.14. The summed E-state index contributed by atoms with van der Waals surface area (Å²) in [6, 6.07) is 3.91. The molecule has 0 aromatic carbocycles. The lowest BCUT2D eigenvalue weighted by molar-refractivity contribution is 0.199. The van der Waals surface area contributed by atoms with Crippen LogP contribution < -0.4 is 5.32 Å². The molecule has 74 valence electrons. The second-order valence-electron chi connectivity index (χ2n) is 3.20. The summed E-state index contributed by atoms with van der Waals surface area (Å²) in [5, 5.41) is 3.33. The van der Waals surface area contributed by atoms with E-state index in [0.717, 1.165) is 30.9 Å². The first kappa shape index (κ1) is 9.06. The average molecular weight is 190 g/mol. The van der Waals surface area contributed by atoms with Crippen LogP contribution in [0.3, 0.4) is 0 Å². The predicted octanol–water partition coefficient (Wildman–Crippen LogP) is 2.54. The number of anilines is 1. The SMILES string of the molecule is CCOC1=C(Nc2ccncc2)CC1. The molecule has 1 aliphatic carbocycles. The van der Waals surface area contributed by atoms with Gasteiger partial charge < -0.3 is 10.1 Å². The molecule has 1 heterocycles. The Bertz CT molecular complexity index is 332. The largest absolute Gasteiger partial charge is 0.496 e. The summed E-state index contributed by atoms with van der Waals surface area (Å²) in [7, 11) is 0. The molecule has 3 heteroatoms. The highest BCUT2D eigenvalue weighted by molar-refractivity contribution is 5.49. The summed E-state index contributed by atoms with van der Waals surface area (Å²) < 4.78 is 5.46. The monoisotopic (exact) mass is 190 g/mol. The number of nitrogens with zero attached hydrogens (tertiary/aromatic N) is 1. The van der Waals surface area contributed by atoms with Crippen molar-refractivity contribution in [2.75, 3.05) is 11.9 Å². The third-order valence-electron chi connectivity index (χ3n) is 2.23. The van der Waals surface area contributed by atoms with Gasteiger partial charge in [0.2, 0.25) is 0 Å². The van der Waals surface area contributed by atoms with Gasteiger partial charge in [0.15, 0.2) is 0 Å². The zero-order valence-electron chi connectivity index (χ0n) is 8.29. The Balaban J connectivity index is 2.02. The van der Waals surface area contributed by atoms with Crippen LogP contribution in [0, 0.1) is 0 Å². The summed E-state index contributed by atoms with van der Waals surface area (Å²) in [6.07, 6.45) is 5.70. The highest BCUT2D eigenvalue weighted by atomic mass is 16.5. The van der Waals surface area contributed by atoms with Crippen LogP contribution in [0.2, 0.25) is 0 Å². The normalized spacial score (nSPS) is 14.9. The second kappa shape index (κ2) is 4.13. The molecule has 1 aromatic heterocycles. The van der Waals surface area contributed by atoms with Crippen molar-refractivity contribution >= 4 is 5.69 Å². The third-order valence-corrected chi connectivity index (χ3v) is 2.23. The topological polar surface area (TPSA) is 34.1 Å². The zero-order valence-corrected chi connectivity index (χ0v) is 8.29. The maximum Gasteiger partial charge on any atom is 0.115 e. The van der Waals surface area contributed by atoms with E-state index in [9.17, 15) is 0 Å². The molecule has 1 aromatic rings. The molecule has 0 saturated carbocycles. The number of rotatable bonds is 4. The number of allylic oxidation sites excluding steroid dienone is 2. The summed E-state index contributed by atoms with van der Waals surface area (Å²) in [5.74, 6) is 1.10. The number of aromatic nitrogens is 1. The maximum atomic E-state index is 5.46. The molecule has 2 rings (SSSR count). The van der Waals surface area contributed by atoms with E-state index in [4.69, 9.17) is 4.74 Å². The van der Waals surface area contributed by atoms with Gasteiger partial charge in [0, 0.05) is 24.5 Å². The van der Waals surface area contributed by atoms with Gasteiger partial charge in [-0.25, -0.2) is 0 Å². The molecule has 3 nitrogen and oxygen atoms in total. The third kappa shape index (κ3) is 1.87. The van der Waals surface area contributed by atoms with Crippen molar-refractivity contribution in [1.29, 1.82) is 0 Å². The molecular formula is C11H14N2O. The van der Waals surface area contributed by atoms with Crippen LogP contribution in [0.1, 0.15) is 19.8 Å². The number of nitrogens with one attached hydrogen (secondary N) is 1. The van der Waals surface area contributed by atoms with Crippen LogP contribution in [0.4, 0.5) is 5.69 Å². The van der Waals surface area contributed by atoms with Gasteiger partial charge in [0.25, 0.3) is 0 Å². The molecule has 0 spiro atoms. The molecular weight excluding hydrogens is 176 g/mol. The second-order valence-corrected chi connectivity index (χ2v) is 3.20. The van der Waals surface area contributed by atoms with Gasteiger partial charge >= 0.3 is 0 Å². The van der Waals surface area contributed by atoms with Crippen LogP contribution >= 0.6 is 0 Å². The summed E-state index contributed by atoms with van der Waals surface area (Å²) in [4.78, 5) is 3.96. The van der Waals surface area contributed by atoms with Crippen molar-refractivity contribution in [1.82, 2.24) is 4.98 Å². The van der Waals surface area contributed by atoms with Crippen LogP contribution in [0.25, 0.3) is 0 Å². The van der Waals surface area contributed by atoms with Crippen LogP contribution in [-0.2, 0) is 4.74 Å². The van der Waals surface area contributed by atoms with Gasteiger partial charge in [0.1, 0.15) is 5.76 Å². The van der Waals surface area contributed by atoms with Crippen LogP contribution in [-0.4, -0.2) is 11.6 Å². The van der Waals surface area contributed by atoms with Crippen molar-refractivity contribution in [2.24, 2.45) is 0 Å². The van der Waals surface area contributed by atoms with E-state index in [0.29, 0.717) is 0 Å². The van der Waals surface area contributed by atoms with Crippen molar-refractivity contribution < 1.29 is 4.74 Å². The fourth-order valence-corrected chi connectivity index (χ4v) is 1.43. The van der Waals surface area contributed by atoms with Crippen LogP contribution in [0.15, 0.2) is 36.0 Å². The Morgan fingerprint density at radius 1 is 1.36 bits per heavy atom. The van der Waals surface area contributed by atoms with E-state index >= 15 is 0 Å². The fourth-order valence-electron chi connectivity index (χ4n) is 1.43. The molecule has 0 unspecified atom stereocenters. The lowest BCUT2D eigenvalue weighted by Gasteiger charge is -2.24. The van der Waals surface area contributed by atoms with Gasteiger partial charge in [-0.1, -0.05) is 0 Å². The first-order valence-electron chi connectivity index (χ1n) is 4.92. The molecule has 0 bridgehead atoms. The lowest BCUT2D eigenvalue weighted by atomic mass is 10.0. The Hall–Kier alpha value is -1.51. The Labute approximate surface area is 83.8 Å². The predicted molar refractivity (Wildman–Crippen MR) is 55.7 cm³/mol. The van der Waals surface area contributed by atoms with Gasteiger partial charge in [-0.2, -0.15) is 0 Å². The smallest absolute Gasteiger partial charge is 0.115 e. The maximum absolute atomic E-state index is 5.46. The van der Waals surface area contributed by atoms with Crippen molar-refractivity contribution in [3.05, 3.63) is 36.0 Å². The van der Waals surface area contributed by atoms with Crippen LogP contribution in [0.5, 0.6) is 0 Å². The van der Waals surface area contributed by atoms with Crippen molar-refractivity contribution in [2.45, 2.75) is 19.8 Å². The van der Waals surface area contributed by atoms with Gasteiger partial charge in [0.05, 0.1) is 12.3 Å². The molecule has 14 heavy (non-hydrogen) atoms. The Morgan fingerprint density at radius 3 is 2.71 bits per heavy atom. The number of hydrogen-bond donors (Lipinski definition) is 1. The average Bonchev–Trinajstić information content (AvgIpc) is 2.23. The first-order chi connectivity index (χ1) is 6.90. The standard InChI is InChI=1S/C11H14N2O/c1-2-14-11-4-3-10(11)13-9-5-7-12-8-6-9/h5-8H,2-4H2,1H3,(H,12,13). The molecule has 1 N–H and O–H groups in total. The summed E-state index contributed by atoms with van der Waals surface area (Å²) >= 11 is 0. The fraction of sp³-hybridized carbons (Fsp3) is 0.364. The first-order valence-corrected chi connectivity index (χ1v) is 4.92. The Morgan fingerprint density at radius 2 is 2.14 bits per heavy atom. The zero-order chi connectivity index (χ0) is 9.80.